The van der Waals surface area contributed by atoms with Crippen molar-refractivity contribution in [2.45, 2.75) is 283 Å². The number of aliphatic hydroxyl groups is 3. The Bertz CT molecular complexity index is 814. The lowest BCUT2D eigenvalue weighted by Crippen LogP contribution is -2.46. The van der Waals surface area contributed by atoms with Crippen LogP contribution in [0.5, 0.6) is 0 Å². The van der Waals surface area contributed by atoms with Crippen LogP contribution in [0.25, 0.3) is 0 Å². The molecule has 0 aromatic heterocycles. The summed E-state index contributed by atoms with van der Waals surface area (Å²) in [5.41, 5.74) is 0. The number of allylic oxidation sites excluding steroid dienone is 4. The van der Waals surface area contributed by atoms with Crippen LogP contribution in [0, 0.1) is 0 Å². The Morgan fingerprint density at radius 1 is 0.455 bits per heavy atom. The minimum absolute atomic E-state index is 0.0287. The summed E-state index contributed by atoms with van der Waals surface area (Å²) in [6, 6.07) is -0.662. The second kappa shape index (κ2) is 45.5. The van der Waals surface area contributed by atoms with Crippen LogP contribution in [0.1, 0.15) is 264 Å². The van der Waals surface area contributed by atoms with Gasteiger partial charge in [-0.15, -0.1) is 0 Å². The van der Waals surface area contributed by atoms with E-state index in [0.717, 1.165) is 44.9 Å². The number of rotatable bonds is 45. The molecule has 55 heavy (non-hydrogen) atoms. The van der Waals surface area contributed by atoms with E-state index in [0.29, 0.717) is 12.8 Å². The zero-order valence-corrected chi connectivity index (χ0v) is 37.1. The first-order valence-electron chi connectivity index (χ1n) is 24.6. The zero-order valence-electron chi connectivity index (χ0n) is 37.1. The van der Waals surface area contributed by atoms with Crippen molar-refractivity contribution in [3.8, 4) is 0 Å². The molecule has 0 aliphatic heterocycles. The SMILES string of the molecule is CCCCCCCCCCC/C=C\C/C=C\CCCCCCCC(O)CC(=O)NC(CO)C(O)CCCCCCCCCCCCCCCCCCCCC. The lowest BCUT2D eigenvalue weighted by atomic mass is 10.0. The number of amides is 1. The monoisotopic (exact) mass is 776 g/mol. The first-order chi connectivity index (χ1) is 27.0. The maximum Gasteiger partial charge on any atom is 0.222 e. The van der Waals surface area contributed by atoms with E-state index < -0.39 is 18.2 Å². The van der Waals surface area contributed by atoms with E-state index >= 15 is 0 Å². The Morgan fingerprint density at radius 2 is 0.782 bits per heavy atom. The molecular formula is C50H97NO4. The summed E-state index contributed by atoms with van der Waals surface area (Å²) in [6.45, 7) is 4.28. The Morgan fingerprint density at radius 3 is 1.15 bits per heavy atom. The molecule has 1 amide bonds. The fourth-order valence-corrected chi connectivity index (χ4v) is 7.73. The van der Waals surface area contributed by atoms with Gasteiger partial charge in [-0.05, 0) is 44.9 Å². The molecule has 0 saturated heterocycles. The summed E-state index contributed by atoms with van der Waals surface area (Å²) >= 11 is 0. The van der Waals surface area contributed by atoms with Crippen molar-refractivity contribution in [2.24, 2.45) is 0 Å². The van der Waals surface area contributed by atoms with E-state index in [1.807, 2.05) is 0 Å². The molecule has 0 aliphatic rings. The maximum absolute atomic E-state index is 12.5. The van der Waals surface area contributed by atoms with Crippen LogP contribution in [0.2, 0.25) is 0 Å². The van der Waals surface area contributed by atoms with Gasteiger partial charge >= 0.3 is 0 Å². The Hall–Kier alpha value is -1.17. The number of nitrogens with one attached hydrogen (secondary N) is 1. The first kappa shape index (κ1) is 53.8. The molecule has 326 valence electrons. The Kier molecular flexibility index (Phi) is 44.6. The van der Waals surface area contributed by atoms with Gasteiger partial charge in [-0.3, -0.25) is 4.79 Å². The molecule has 0 aliphatic carbocycles. The second-order valence-corrected chi connectivity index (χ2v) is 17.1. The van der Waals surface area contributed by atoms with Crippen LogP contribution in [-0.2, 0) is 4.79 Å². The van der Waals surface area contributed by atoms with Crippen LogP contribution in [0.4, 0.5) is 0 Å². The highest BCUT2D eigenvalue weighted by Crippen LogP contribution is 2.17. The van der Waals surface area contributed by atoms with Crippen molar-refractivity contribution in [2.75, 3.05) is 6.61 Å². The number of carbonyl (C=O) groups is 1. The summed E-state index contributed by atoms with van der Waals surface area (Å²) in [5.74, 6) is -0.288. The maximum atomic E-state index is 12.5. The Balaban J connectivity index is 3.61. The van der Waals surface area contributed by atoms with Gasteiger partial charge < -0.3 is 20.6 Å². The normalized spacial score (nSPS) is 13.6. The smallest absolute Gasteiger partial charge is 0.222 e. The lowest BCUT2D eigenvalue weighted by Gasteiger charge is -2.23. The molecule has 0 fully saturated rings. The van der Waals surface area contributed by atoms with Crippen molar-refractivity contribution in [1.82, 2.24) is 5.32 Å². The fraction of sp³-hybridized carbons (Fsp3) is 0.900. The van der Waals surface area contributed by atoms with Crippen molar-refractivity contribution in [3.63, 3.8) is 0 Å². The van der Waals surface area contributed by atoms with Crippen molar-refractivity contribution < 1.29 is 20.1 Å². The quantitative estimate of drug-likeness (QED) is 0.0366. The van der Waals surface area contributed by atoms with Gasteiger partial charge in [0.05, 0.1) is 31.3 Å². The highest BCUT2D eigenvalue weighted by Gasteiger charge is 2.21. The van der Waals surface area contributed by atoms with Crippen LogP contribution in [-0.4, -0.2) is 46.1 Å². The predicted molar refractivity (Wildman–Crippen MR) is 241 cm³/mol. The first-order valence-corrected chi connectivity index (χ1v) is 24.6. The highest BCUT2D eigenvalue weighted by atomic mass is 16.3. The minimum atomic E-state index is -0.752. The van der Waals surface area contributed by atoms with Crippen molar-refractivity contribution >= 4 is 5.91 Å². The molecule has 0 aromatic rings. The van der Waals surface area contributed by atoms with Gasteiger partial charge in [0, 0.05) is 0 Å². The van der Waals surface area contributed by atoms with Gasteiger partial charge in [-0.1, -0.05) is 237 Å². The summed E-state index contributed by atoms with van der Waals surface area (Å²) in [4.78, 5) is 12.5. The van der Waals surface area contributed by atoms with Crippen LogP contribution >= 0.6 is 0 Å². The summed E-state index contributed by atoms with van der Waals surface area (Å²) < 4.78 is 0. The second-order valence-electron chi connectivity index (χ2n) is 17.1. The number of hydrogen-bond donors (Lipinski definition) is 4. The molecule has 0 heterocycles. The third-order valence-electron chi connectivity index (χ3n) is 11.5. The van der Waals surface area contributed by atoms with Gasteiger partial charge in [0.25, 0.3) is 0 Å². The molecule has 0 saturated carbocycles. The highest BCUT2D eigenvalue weighted by molar-refractivity contribution is 5.76. The average molecular weight is 776 g/mol. The lowest BCUT2D eigenvalue weighted by molar-refractivity contribution is -0.125. The molecule has 3 atom stereocenters. The third-order valence-corrected chi connectivity index (χ3v) is 11.5. The van der Waals surface area contributed by atoms with Crippen LogP contribution < -0.4 is 5.32 Å². The van der Waals surface area contributed by atoms with E-state index in [9.17, 15) is 20.1 Å². The van der Waals surface area contributed by atoms with Gasteiger partial charge in [-0.2, -0.15) is 0 Å². The summed E-state index contributed by atoms with van der Waals surface area (Å²) in [6.07, 6.45) is 55.8. The van der Waals surface area contributed by atoms with Gasteiger partial charge in [0.15, 0.2) is 0 Å². The standard InChI is InChI=1S/C50H97NO4/c1-3-5-7-9-11-13-15-17-19-21-23-24-26-27-29-31-33-35-37-39-41-43-47(53)45-50(55)51-48(46-52)49(54)44-42-40-38-36-34-32-30-28-25-22-20-18-16-14-12-10-8-6-4-2/h23-24,27,29,47-49,52-54H,3-22,25-26,28,30-46H2,1-2H3,(H,51,55)/b24-23-,29-27-. The number of aliphatic hydroxyl groups excluding tert-OH is 3. The molecular weight excluding hydrogens is 679 g/mol. The van der Waals surface area contributed by atoms with Crippen molar-refractivity contribution in [1.29, 1.82) is 0 Å². The molecule has 0 spiro atoms. The molecule has 3 unspecified atom stereocenters. The van der Waals surface area contributed by atoms with Crippen LogP contribution in [0.15, 0.2) is 24.3 Å². The topological polar surface area (TPSA) is 89.8 Å². The molecule has 0 rings (SSSR count). The third kappa shape index (κ3) is 42.3. The van der Waals surface area contributed by atoms with E-state index in [-0.39, 0.29) is 18.9 Å². The van der Waals surface area contributed by atoms with E-state index in [1.54, 1.807) is 0 Å². The molecule has 5 nitrogen and oxygen atoms in total. The number of unbranched alkanes of at least 4 members (excludes halogenated alkanes) is 32. The molecule has 4 N–H and O–H groups in total. The number of carbonyl (C=O) groups excluding carboxylic acids is 1. The molecule has 0 radical (unpaired) electrons. The van der Waals surface area contributed by atoms with Gasteiger partial charge in [-0.25, -0.2) is 0 Å². The van der Waals surface area contributed by atoms with E-state index in [2.05, 4.69) is 43.5 Å². The van der Waals surface area contributed by atoms with Gasteiger partial charge in [0.2, 0.25) is 5.91 Å². The average Bonchev–Trinajstić information content (AvgIpc) is 3.18. The molecule has 0 bridgehead atoms. The minimum Gasteiger partial charge on any atom is -0.394 e. The Labute approximate surface area is 343 Å². The molecule has 0 aromatic carbocycles. The number of hydrogen-bond acceptors (Lipinski definition) is 4. The largest absolute Gasteiger partial charge is 0.394 e. The van der Waals surface area contributed by atoms with Crippen molar-refractivity contribution in [3.05, 3.63) is 24.3 Å². The predicted octanol–water partition coefficient (Wildman–Crippen LogP) is 14.6. The summed E-state index contributed by atoms with van der Waals surface area (Å²) in [7, 11) is 0. The van der Waals surface area contributed by atoms with E-state index in [4.69, 9.17) is 0 Å². The van der Waals surface area contributed by atoms with Crippen LogP contribution in [0.3, 0.4) is 0 Å². The van der Waals surface area contributed by atoms with Gasteiger partial charge in [0.1, 0.15) is 0 Å². The fourth-order valence-electron chi connectivity index (χ4n) is 7.73. The summed E-state index contributed by atoms with van der Waals surface area (Å²) in [5, 5.41) is 33.5. The molecule has 5 heteroatoms. The zero-order chi connectivity index (χ0) is 40.1. The van der Waals surface area contributed by atoms with E-state index in [1.165, 1.54) is 186 Å².